The van der Waals surface area contributed by atoms with Crippen LogP contribution in [0.2, 0.25) is 0 Å². The largest absolute Gasteiger partial charge is 0.381 e. The average Bonchev–Trinajstić information content (AvgIpc) is 3.20. The molecule has 1 spiro atoms. The fourth-order valence-corrected chi connectivity index (χ4v) is 3.97. The van der Waals surface area contributed by atoms with E-state index in [-0.39, 0.29) is 23.8 Å². The lowest BCUT2D eigenvalue weighted by Crippen LogP contribution is -2.46. The number of likely N-dealkylation sites (tertiary alicyclic amines) is 1. The van der Waals surface area contributed by atoms with Crippen LogP contribution < -0.4 is 10.2 Å². The molecule has 1 aromatic carbocycles. The van der Waals surface area contributed by atoms with Crippen molar-refractivity contribution in [3.63, 3.8) is 0 Å². The molecule has 3 aliphatic rings. The van der Waals surface area contributed by atoms with Gasteiger partial charge >= 0.3 is 6.03 Å². The number of urea groups is 1. The van der Waals surface area contributed by atoms with Gasteiger partial charge in [0.15, 0.2) is 0 Å². The number of piperidine rings is 1. The van der Waals surface area contributed by atoms with Crippen molar-refractivity contribution < 1.29 is 19.1 Å². The SMILES string of the molecule is O=C1CN(c2ccc(C(=O)N3CCC[C@@]4(CCOC4)C3)cc2)C(=O)N1. The van der Waals surface area contributed by atoms with Gasteiger partial charge in [-0.05, 0) is 43.5 Å². The molecule has 3 saturated heterocycles. The van der Waals surface area contributed by atoms with E-state index in [1.54, 1.807) is 24.3 Å². The van der Waals surface area contributed by atoms with Crippen molar-refractivity contribution in [3.05, 3.63) is 29.8 Å². The highest BCUT2D eigenvalue weighted by atomic mass is 16.5. The van der Waals surface area contributed by atoms with Crippen LogP contribution in [0.25, 0.3) is 0 Å². The monoisotopic (exact) mass is 343 g/mol. The van der Waals surface area contributed by atoms with E-state index < -0.39 is 6.03 Å². The van der Waals surface area contributed by atoms with E-state index in [2.05, 4.69) is 5.32 Å². The summed E-state index contributed by atoms with van der Waals surface area (Å²) in [6.45, 7) is 3.06. The third kappa shape index (κ3) is 3.00. The Morgan fingerprint density at radius 2 is 1.96 bits per heavy atom. The van der Waals surface area contributed by atoms with Gasteiger partial charge in [-0.2, -0.15) is 0 Å². The van der Waals surface area contributed by atoms with Gasteiger partial charge in [0, 0.05) is 36.4 Å². The molecular weight excluding hydrogens is 322 g/mol. The third-order valence-corrected chi connectivity index (χ3v) is 5.35. The fraction of sp³-hybridized carbons (Fsp3) is 0.500. The smallest absolute Gasteiger partial charge is 0.329 e. The molecule has 7 heteroatoms. The number of hydrogen-bond donors (Lipinski definition) is 1. The number of carbonyl (C=O) groups is 3. The van der Waals surface area contributed by atoms with Crippen LogP contribution in [0.4, 0.5) is 10.5 Å². The number of hydrogen-bond acceptors (Lipinski definition) is 4. The number of anilines is 1. The van der Waals surface area contributed by atoms with Crippen LogP contribution in [0.15, 0.2) is 24.3 Å². The molecule has 7 nitrogen and oxygen atoms in total. The summed E-state index contributed by atoms with van der Waals surface area (Å²) in [7, 11) is 0. The summed E-state index contributed by atoms with van der Waals surface area (Å²) in [5.74, 6) is -0.304. The first-order valence-corrected chi connectivity index (χ1v) is 8.65. The highest BCUT2D eigenvalue weighted by Gasteiger charge is 2.40. The van der Waals surface area contributed by atoms with Gasteiger partial charge in [-0.25, -0.2) is 4.79 Å². The summed E-state index contributed by atoms with van der Waals surface area (Å²) in [6.07, 6.45) is 3.14. The van der Waals surface area contributed by atoms with Crippen LogP contribution in [0.1, 0.15) is 29.6 Å². The number of rotatable bonds is 2. The highest BCUT2D eigenvalue weighted by molar-refractivity contribution is 6.12. The first-order chi connectivity index (χ1) is 12.1. The van der Waals surface area contributed by atoms with E-state index in [1.165, 1.54) is 4.90 Å². The van der Waals surface area contributed by atoms with E-state index in [1.807, 2.05) is 4.90 Å². The Morgan fingerprint density at radius 1 is 1.16 bits per heavy atom. The molecule has 3 aliphatic heterocycles. The van der Waals surface area contributed by atoms with E-state index in [0.29, 0.717) is 11.3 Å². The maximum Gasteiger partial charge on any atom is 0.329 e. The van der Waals surface area contributed by atoms with E-state index in [0.717, 1.165) is 45.6 Å². The Morgan fingerprint density at radius 3 is 2.60 bits per heavy atom. The second kappa shape index (κ2) is 6.15. The van der Waals surface area contributed by atoms with E-state index >= 15 is 0 Å². The molecule has 0 radical (unpaired) electrons. The first-order valence-electron chi connectivity index (χ1n) is 8.65. The average molecular weight is 343 g/mol. The van der Waals surface area contributed by atoms with Gasteiger partial charge in [0.05, 0.1) is 6.61 Å². The normalized spacial score (nSPS) is 26.4. The molecule has 3 heterocycles. The van der Waals surface area contributed by atoms with Crippen LogP contribution in [-0.4, -0.2) is 55.6 Å². The summed E-state index contributed by atoms with van der Waals surface area (Å²) in [5.41, 5.74) is 1.34. The van der Waals surface area contributed by atoms with E-state index in [9.17, 15) is 14.4 Å². The standard InChI is InChI=1S/C18H21N3O4/c22-15-10-21(17(24)19-15)14-4-2-13(3-5-14)16(23)20-8-1-6-18(11-20)7-9-25-12-18/h2-5H,1,6-12H2,(H,19,22,24)/t18-/m1/s1. The number of imide groups is 1. The van der Waals surface area contributed by atoms with Crippen molar-refractivity contribution in [3.8, 4) is 0 Å². The summed E-state index contributed by atoms with van der Waals surface area (Å²) in [4.78, 5) is 39.1. The Labute approximate surface area is 145 Å². The van der Waals surface area contributed by atoms with Crippen molar-refractivity contribution in [1.82, 2.24) is 10.2 Å². The Kier molecular flexibility index (Phi) is 3.95. The molecule has 3 fully saturated rings. The van der Waals surface area contributed by atoms with Crippen LogP contribution in [0, 0.1) is 5.41 Å². The molecule has 0 aliphatic carbocycles. The Balaban J connectivity index is 1.47. The fourth-order valence-electron chi connectivity index (χ4n) is 3.97. The minimum Gasteiger partial charge on any atom is -0.381 e. The second-order valence-electron chi connectivity index (χ2n) is 7.12. The van der Waals surface area contributed by atoms with Crippen molar-refractivity contribution in [1.29, 1.82) is 0 Å². The topological polar surface area (TPSA) is 79.0 Å². The van der Waals surface area contributed by atoms with Crippen molar-refractivity contribution in [2.45, 2.75) is 19.3 Å². The van der Waals surface area contributed by atoms with Gasteiger partial charge in [-0.1, -0.05) is 0 Å². The minimum absolute atomic E-state index is 0.0134. The van der Waals surface area contributed by atoms with Gasteiger partial charge in [0.25, 0.3) is 5.91 Å². The number of carbonyl (C=O) groups excluding carboxylic acids is 3. The lowest BCUT2D eigenvalue weighted by atomic mass is 9.79. The van der Waals surface area contributed by atoms with Crippen molar-refractivity contribution >= 4 is 23.5 Å². The number of benzene rings is 1. The predicted octanol–water partition coefficient (Wildman–Crippen LogP) is 1.39. The minimum atomic E-state index is -0.428. The molecule has 132 valence electrons. The zero-order valence-corrected chi connectivity index (χ0v) is 14.0. The molecular formula is C18H21N3O4. The van der Waals surface area contributed by atoms with Gasteiger partial charge < -0.3 is 9.64 Å². The number of amides is 4. The number of nitrogens with one attached hydrogen (secondary N) is 1. The zero-order chi connectivity index (χ0) is 17.4. The summed E-state index contributed by atoms with van der Waals surface area (Å²) < 4.78 is 5.55. The van der Waals surface area contributed by atoms with Gasteiger partial charge in [-0.15, -0.1) is 0 Å². The molecule has 0 saturated carbocycles. The first kappa shape index (κ1) is 16.1. The van der Waals surface area contributed by atoms with Gasteiger partial charge in [-0.3, -0.25) is 19.8 Å². The molecule has 4 amide bonds. The van der Waals surface area contributed by atoms with Crippen molar-refractivity contribution in [2.75, 3.05) is 37.7 Å². The molecule has 0 aromatic heterocycles. The summed E-state index contributed by atoms with van der Waals surface area (Å²) in [6, 6.07) is 6.44. The summed E-state index contributed by atoms with van der Waals surface area (Å²) in [5, 5.41) is 2.24. The molecule has 1 N–H and O–H groups in total. The summed E-state index contributed by atoms with van der Waals surface area (Å²) >= 11 is 0. The second-order valence-corrected chi connectivity index (χ2v) is 7.12. The predicted molar refractivity (Wildman–Crippen MR) is 90.3 cm³/mol. The lowest BCUT2D eigenvalue weighted by Gasteiger charge is -2.39. The van der Waals surface area contributed by atoms with E-state index in [4.69, 9.17) is 4.74 Å². The number of nitrogens with zero attached hydrogens (tertiary/aromatic N) is 2. The quantitative estimate of drug-likeness (QED) is 0.823. The van der Waals surface area contributed by atoms with Crippen LogP contribution in [-0.2, 0) is 9.53 Å². The lowest BCUT2D eigenvalue weighted by molar-refractivity contribution is -0.117. The van der Waals surface area contributed by atoms with Crippen LogP contribution in [0.5, 0.6) is 0 Å². The molecule has 0 bridgehead atoms. The van der Waals surface area contributed by atoms with Crippen LogP contribution >= 0.6 is 0 Å². The highest BCUT2D eigenvalue weighted by Crippen LogP contribution is 2.38. The van der Waals surface area contributed by atoms with Crippen LogP contribution in [0.3, 0.4) is 0 Å². The van der Waals surface area contributed by atoms with Crippen molar-refractivity contribution in [2.24, 2.45) is 5.41 Å². The van der Waals surface area contributed by atoms with Gasteiger partial charge in [0.2, 0.25) is 5.91 Å². The molecule has 4 rings (SSSR count). The van der Waals surface area contributed by atoms with Gasteiger partial charge in [0.1, 0.15) is 6.54 Å². The molecule has 25 heavy (non-hydrogen) atoms. The molecule has 1 aromatic rings. The third-order valence-electron chi connectivity index (χ3n) is 5.35. The number of ether oxygens (including phenoxy) is 1. The maximum atomic E-state index is 12.8. The maximum absolute atomic E-state index is 12.8. The zero-order valence-electron chi connectivity index (χ0n) is 14.0. The molecule has 1 atom stereocenters. The Bertz CT molecular complexity index is 710. The Hall–Kier alpha value is -2.41. The molecule has 0 unspecified atom stereocenters.